The maximum Gasteiger partial charge on any atom is 0.221 e. The lowest BCUT2D eigenvalue weighted by molar-refractivity contribution is -0.122. The Morgan fingerprint density at radius 2 is 2.21 bits per heavy atom. The van der Waals surface area contributed by atoms with Gasteiger partial charge in [-0.1, -0.05) is 0 Å². The molecule has 5 heteroatoms. The fourth-order valence-electron chi connectivity index (χ4n) is 3.06. The van der Waals surface area contributed by atoms with Crippen LogP contribution in [0.15, 0.2) is 12.5 Å². The van der Waals surface area contributed by atoms with Crippen molar-refractivity contribution in [3.05, 3.63) is 18.2 Å². The summed E-state index contributed by atoms with van der Waals surface area (Å²) >= 11 is 0. The van der Waals surface area contributed by atoms with Gasteiger partial charge in [-0.25, -0.2) is 4.98 Å². The molecule has 0 aliphatic carbocycles. The van der Waals surface area contributed by atoms with Gasteiger partial charge >= 0.3 is 0 Å². The highest BCUT2D eigenvalue weighted by Crippen LogP contribution is 2.14. The zero-order valence-corrected chi connectivity index (χ0v) is 11.3. The Morgan fingerprint density at radius 1 is 1.37 bits per heavy atom. The van der Waals surface area contributed by atoms with Crippen LogP contribution in [0.4, 0.5) is 0 Å². The number of amides is 1. The molecule has 1 aromatic heterocycles. The fourth-order valence-corrected chi connectivity index (χ4v) is 3.06. The van der Waals surface area contributed by atoms with Gasteiger partial charge < -0.3 is 14.8 Å². The van der Waals surface area contributed by atoms with Crippen LogP contribution in [0, 0.1) is 0 Å². The molecule has 3 heterocycles. The van der Waals surface area contributed by atoms with Gasteiger partial charge in [0, 0.05) is 43.9 Å². The second-order valence-electron chi connectivity index (χ2n) is 5.63. The van der Waals surface area contributed by atoms with Crippen molar-refractivity contribution in [3.63, 3.8) is 0 Å². The van der Waals surface area contributed by atoms with E-state index < -0.39 is 0 Å². The first-order valence-corrected chi connectivity index (χ1v) is 7.32. The van der Waals surface area contributed by atoms with Crippen LogP contribution in [0.3, 0.4) is 0 Å². The van der Waals surface area contributed by atoms with Crippen LogP contribution < -0.4 is 5.32 Å². The van der Waals surface area contributed by atoms with E-state index in [0.29, 0.717) is 6.42 Å². The monoisotopic (exact) mass is 262 g/mol. The maximum absolute atomic E-state index is 12.0. The Bertz CT molecular complexity index is 436. The first kappa shape index (κ1) is 12.7. The first-order chi connectivity index (χ1) is 9.31. The summed E-state index contributed by atoms with van der Waals surface area (Å²) in [6, 6.07) is 0.287. The van der Waals surface area contributed by atoms with Crippen molar-refractivity contribution < 1.29 is 4.79 Å². The molecule has 1 unspecified atom stereocenters. The van der Waals surface area contributed by atoms with Crippen molar-refractivity contribution in [1.82, 2.24) is 19.8 Å². The third kappa shape index (κ3) is 3.15. The molecular weight excluding hydrogens is 240 g/mol. The minimum absolute atomic E-state index is 0.199. The normalized spacial score (nSPS) is 23.3. The SMILES string of the molecule is O=C(CCN1CCCC1)NC1CCn2cncc2C1. The van der Waals surface area contributed by atoms with E-state index in [9.17, 15) is 4.79 Å². The Kier molecular flexibility index (Phi) is 3.82. The van der Waals surface area contributed by atoms with Gasteiger partial charge in [0.1, 0.15) is 0 Å². The Labute approximate surface area is 114 Å². The predicted molar refractivity (Wildman–Crippen MR) is 72.8 cm³/mol. The molecule has 5 nitrogen and oxygen atoms in total. The number of nitrogens with zero attached hydrogens (tertiary/aromatic N) is 3. The molecule has 0 radical (unpaired) electrons. The van der Waals surface area contributed by atoms with Gasteiger partial charge in [-0.3, -0.25) is 4.79 Å². The molecule has 0 bridgehead atoms. The number of hydrogen-bond acceptors (Lipinski definition) is 3. The number of likely N-dealkylation sites (tertiary alicyclic amines) is 1. The highest BCUT2D eigenvalue weighted by atomic mass is 16.1. The minimum Gasteiger partial charge on any atom is -0.353 e. The molecule has 0 aromatic carbocycles. The topological polar surface area (TPSA) is 50.2 Å². The van der Waals surface area contributed by atoms with Crippen LogP contribution in [0.2, 0.25) is 0 Å². The summed E-state index contributed by atoms with van der Waals surface area (Å²) in [4.78, 5) is 18.5. The van der Waals surface area contributed by atoms with Gasteiger partial charge in [0.15, 0.2) is 0 Å². The van der Waals surface area contributed by atoms with E-state index in [1.807, 2.05) is 12.5 Å². The zero-order chi connectivity index (χ0) is 13.1. The van der Waals surface area contributed by atoms with Crippen LogP contribution in [-0.4, -0.2) is 46.0 Å². The van der Waals surface area contributed by atoms with Gasteiger partial charge in [-0.2, -0.15) is 0 Å². The summed E-state index contributed by atoms with van der Waals surface area (Å²) in [5.41, 5.74) is 1.23. The van der Waals surface area contributed by atoms with E-state index in [1.165, 1.54) is 18.5 Å². The van der Waals surface area contributed by atoms with Crippen molar-refractivity contribution in [2.45, 2.75) is 44.7 Å². The van der Waals surface area contributed by atoms with E-state index in [4.69, 9.17) is 0 Å². The fraction of sp³-hybridized carbons (Fsp3) is 0.714. The van der Waals surface area contributed by atoms with Crippen molar-refractivity contribution in [3.8, 4) is 0 Å². The number of rotatable bonds is 4. The number of hydrogen-bond donors (Lipinski definition) is 1. The Morgan fingerprint density at radius 3 is 3.05 bits per heavy atom. The highest BCUT2D eigenvalue weighted by Gasteiger charge is 2.20. The van der Waals surface area contributed by atoms with Gasteiger partial charge in [0.05, 0.1) is 6.33 Å². The van der Waals surface area contributed by atoms with Gasteiger partial charge in [0.25, 0.3) is 0 Å². The summed E-state index contributed by atoms with van der Waals surface area (Å²) in [5.74, 6) is 0.199. The molecular formula is C14H22N4O. The maximum atomic E-state index is 12.0. The van der Waals surface area contributed by atoms with E-state index in [1.54, 1.807) is 0 Å². The number of carbonyl (C=O) groups is 1. The van der Waals surface area contributed by atoms with Gasteiger partial charge in [0.2, 0.25) is 5.91 Å². The smallest absolute Gasteiger partial charge is 0.221 e. The summed E-state index contributed by atoms with van der Waals surface area (Å²) in [6.45, 7) is 4.20. The van der Waals surface area contributed by atoms with Crippen molar-refractivity contribution in [2.24, 2.45) is 0 Å². The molecule has 2 aliphatic rings. The van der Waals surface area contributed by atoms with E-state index >= 15 is 0 Å². The van der Waals surface area contributed by atoms with Crippen LogP contribution in [0.5, 0.6) is 0 Å². The number of fused-ring (bicyclic) bond motifs is 1. The molecule has 0 spiro atoms. The molecule has 3 rings (SSSR count). The molecule has 1 fully saturated rings. The van der Waals surface area contributed by atoms with Crippen molar-refractivity contribution >= 4 is 5.91 Å². The van der Waals surface area contributed by atoms with E-state index in [0.717, 1.165) is 39.0 Å². The number of aryl methyl sites for hydroxylation is 1. The molecule has 1 saturated heterocycles. The van der Waals surface area contributed by atoms with Crippen molar-refractivity contribution in [1.29, 1.82) is 0 Å². The van der Waals surface area contributed by atoms with Crippen LogP contribution in [-0.2, 0) is 17.8 Å². The molecule has 1 aromatic rings. The average molecular weight is 262 g/mol. The van der Waals surface area contributed by atoms with E-state index in [2.05, 4.69) is 19.8 Å². The summed E-state index contributed by atoms with van der Waals surface area (Å²) in [6.07, 6.45) is 8.91. The standard InChI is InChI=1S/C14H22N4O/c19-14(4-7-17-5-1-2-6-17)16-12-3-8-18-11-15-10-13(18)9-12/h10-12H,1-9H2,(H,16,19). The Hall–Kier alpha value is -1.36. The predicted octanol–water partition coefficient (Wildman–Crippen LogP) is 0.800. The molecule has 19 heavy (non-hydrogen) atoms. The molecule has 2 aliphatic heterocycles. The first-order valence-electron chi connectivity index (χ1n) is 7.32. The lowest BCUT2D eigenvalue weighted by atomic mass is 10.0. The number of imidazole rings is 1. The highest BCUT2D eigenvalue weighted by molar-refractivity contribution is 5.76. The Balaban J connectivity index is 1.42. The summed E-state index contributed by atoms with van der Waals surface area (Å²) < 4.78 is 2.17. The average Bonchev–Trinajstić information content (AvgIpc) is 3.07. The molecule has 0 saturated carbocycles. The quantitative estimate of drug-likeness (QED) is 0.873. The molecule has 1 amide bonds. The van der Waals surface area contributed by atoms with E-state index in [-0.39, 0.29) is 11.9 Å². The van der Waals surface area contributed by atoms with Gasteiger partial charge in [-0.05, 0) is 32.4 Å². The lowest BCUT2D eigenvalue weighted by Gasteiger charge is -2.25. The van der Waals surface area contributed by atoms with Crippen LogP contribution in [0.25, 0.3) is 0 Å². The van der Waals surface area contributed by atoms with Crippen molar-refractivity contribution in [2.75, 3.05) is 19.6 Å². The van der Waals surface area contributed by atoms with Gasteiger partial charge in [-0.15, -0.1) is 0 Å². The minimum atomic E-state index is 0.199. The number of nitrogens with one attached hydrogen (secondary N) is 1. The van der Waals surface area contributed by atoms with Crippen LogP contribution >= 0.6 is 0 Å². The molecule has 1 atom stereocenters. The lowest BCUT2D eigenvalue weighted by Crippen LogP contribution is -2.41. The third-order valence-corrected chi connectivity index (χ3v) is 4.19. The second-order valence-corrected chi connectivity index (χ2v) is 5.63. The zero-order valence-electron chi connectivity index (χ0n) is 11.3. The second kappa shape index (κ2) is 5.74. The third-order valence-electron chi connectivity index (χ3n) is 4.19. The number of aromatic nitrogens is 2. The molecule has 1 N–H and O–H groups in total. The largest absolute Gasteiger partial charge is 0.353 e. The van der Waals surface area contributed by atoms with Crippen LogP contribution in [0.1, 0.15) is 31.4 Å². The summed E-state index contributed by atoms with van der Waals surface area (Å²) in [7, 11) is 0. The molecule has 104 valence electrons. The summed E-state index contributed by atoms with van der Waals surface area (Å²) in [5, 5.41) is 3.17. The number of carbonyl (C=O) groups excluding carboxylic acids is 1.